The van der Waals surface area contributed by atoms with E-state index in [1.165, 1.54) is 48.8 Å². The van der Waals surface area contributed by atoms with Gasteiger partial charge >= 0.3 is 0 Å². The van der Waals surface area contributed by atoms with E-state index in [9.17, 15) is 17.9 Å². The van der Waals surface area contributed by atoms with Crippen molar-refractivity contribution in [2.24, 2.45) is 0 Å². The van der Waals surface area contributed by atoms with Gasteiger partial charge in [-0.05, 0) is 56.7 Å². The number of aromatic nitrogens is 3. The predicted molar refractivity (Wildman–Crippen MR) is 120 cm³/mol. The van der Waals surface area contributed by atoms with Crippen LogP contribution < -0.4 is 4.74 Å². The fourth-order valence-corrected chi connectivity index (χ4v) is 5.87. The third kappa shape index (κ3) is 4.13. The van der Waals surface area contributed by atoms with Crippen LogP contribution in [0.1, 0.15) is 30.1 Å². The van der Waals surface area contributed by atoms with E-state index < -0.39 is 21.3 Å². The zero-order chi connectivity index (χ0) is 23.3. The molecule has 0 aliphatic heterocycles. The molecule has 0 saturated heterocycles. The number of sulfone groups is 1. The number of methoxy groups -OCH3 is 1. The van der Waals surface area contributed by atoms with Gasteiger partial charge in [0.05, 0.1) is 24.3 Å². The van der Waals surface area contributed by atoms with E-state index in [4.69, 9.17) is 4.74 Å². The lowest BCUT2D eigenvalue weighted by atomic mass is 10.1. The summed E-state index contributed by atoms with van der Waals surface area (Å²) in [5.74, 6) is -0.516. The SMILES string of the molecule is COc1ccc(-c2c(C)nc3sc(C(C)(C)O)nn23)cc1S(=O)(=O)Cc1ccc(F)cc1. The Morgan fingerprint density at radius 2 is 1.88 bits per heavy atom. The molecule has 4 rings (SSSR count). The maximum atomic E-state index is 13.2. The molecular formula is C22H22FN3O4S2. The molecule has 32 heavy (non-hydrogen) atoms. The van der Waals surface area contributed by atoms with Gasteiger partial charge in [0.2, 0.25) is 4.96 Å². The lowest BCUT2D eigenvalue weighted by Crippen LogP contribution is -2.15. The lowest BCUT2D eigenvalue weighted by Gasteiger charge is -2.13. The average molecular weight is 476 g/mol. The molecule has 1 N–H and O–H groups in total. The lowest BCUT2D eigenvalue weighted by molar-refractivity contribution is 0.0773. The van der Waals surface area contributed by atoms with E-state index in [2.05, 4.69) is 10.1 Å². The van der Waals surface area contributed by atoms with Crippen LogP contribution in [0.3, 0.4) is 0 Å². The highest BCUT2D eigenvalue weighted by molar-refractivity contribution is 7.90. The highest BCUT2D eigenvalue weighted by atomic mass is 32.2. The van der Waals surface area contributed by atoms with Crippen molar-refractivity contribution in [2.75, 3.05) is 7.11 Å². The molecule has 0 aliphatic rings. The van der Waals surface area contributed by atoms with Crippen LogP contribution in [0.4, 0.5) is 4.39 Å². The third-order valence-corrected chi connectivity index (χ3v) is 7.87. The Balaban J connectivity index is 1.83. The summed E-state index contributed by atoms with van der Waals surface area (Å²) in [7, 11) is -2.39. The molecule has 0 radical (unpaired) electrons. The molecule has 0 fully saturated rings. The fourth-order valence-electron chi connectivity index (χ4n) is 3.37. The van der Waals surface area contributed by atoms with Crippen LogP contribution in [0, 0.1) is 12.7 Å². The number of rotatable bonds is 6. The number of hydrogen-bond donors (Lipinski definition) is 1. The number of halogens is 1. The van der Waals surface area contributed by atoms with E-state index in [1.807, 2.05) is 6.92 Å². The van der Waals surface area contributed by atoms with Crippen LogP contribution >= 0.6 is 11.3 Å². The molecule has 0 saturated carbocycles. The molecule has 0 spiro atoms. The van der Waals surface area contributed by atoms with Gasteiger partial charge in [0.25, 0.3) is 0 Å². The van der Waals surface area contributed by atoms with Gasteiger partial charge in [-0.2, -0.15) is 5.10 Å². The summed E-state index contributed by atoms with van der Waals surface area (Å²) in [6.07, 6.45) is 0. The Morgan fingerprint density at radius 3 is 2.50 bits per heavy atom. The normalized spacial score (nSPS) is 12.4. The molecule has 168 valence electrons. The zero-order valence-electron chi connectivity index (χ0n) is 18.0. The second-order valence-corrected chi connectivity index (χ2v) is 10.9. The summed E-state index contributed by atoms with van der Waals surface area (Å²) in [4.78, 5) is 5.15. The van der Waals surface area contributed by atoms with Gasteiger partial charge in [0.15, 0.2) is 9.84 Å². The van der Waals surface area contributed by atoms with E-state index in [1.54, 1.807) is 30.5 Å². The molecule has 0 bridgehead atoms. The topological polar surface area (TPSA) is 93.8 Å². The second kappa shape index (κ2) is 7.95. The Labute approximate surface area is 189 Å². The summed E-state index contributed by atoms with van der Waals surface area (Å²) in [5, 5.41) is 15.3. The first-order valence-electron chi connectivity index (χ1n) is 9.74. The highest BCUT2D eigenvalue weighted by Crippen LogP contribution is 2.35. The Bertz CT molecular complexity index is 1400. The first-order valence-corrected chi connectivity index (χ1v) is 12.2. The number of aryl methyl sites for hydroxylation is 1. The van der Waals surface area contributed by atoms with Crippen molar-refractivity contribution in [3.8, 4) is 17.0 Å². The number of ether oxygens (including phenoxy) is 1. The van der Waals surface area contributed by atoms with E-state index in [-0.39, 0.29) is 16.4 Å². The Hall–Kier alpha value is -2.82. The first kappa shape index (κ1) is 22.4. The number of hydrogen-bond acceptors (Lipinski definition) is 7. The number of aliphatic hydroxyl groups is 1. The smallest absolute Gasteiger partial charge is 0.213 e. The maximum Gasteiger partial charge on any atom is 0.213 e. The molecule has 0 aliphatic carbocycles. The summed E-state index contributed by atoms with van der Waals surface area (Å²) in [6, 6.07) is 10.2. The van der Waals surface area contributed by atoms with Crippen LogP contribution in [0.5, 0.6) is 5.75 Å². The fraction of sp³-hybridized carbons (Fsp3) is 0.273. The second-order valence-electron chi connectivity index (χ2n) is 7.96. The van der Waals surface area contributed by atoms with Crippen LogP contribution in [-0.4, -0.2) is 35.2 Å². The first-order chi connectivity index (χ1) is 15.0. The minimum absolute atomic E-state index is 0.0223. The van der Waals surface area contributed by atoms with Crippen LogP contribution in [-0.2, 0) is 21.2 Å². The average Bonchev–Trinajstić information content (AvgIpc) is 3.26. The zero-order valence-corrected chi connectivity index (χ0v) is 19.6. The van der Waals surface area contributed by atoms with Crippen LogP contribution in [0.15, 0.2) is 47.4 Å². The summed E-state index contributed by atoms with van der Waals surface area (Å²) < 4.78 is 46.6. The van der Waals surface area contributed by atoms with Crippen molar-refractivity contribution >= 4 is 26.1 Å². The van der Waals surface area contributed by atoms with Crippen molar-refractivity contribution in [3.63, 3.8) is 0 Å². The predicted octanol–water partition coefficient (Wildman–Crippen LogP) is 4.12. The number of fused-ring (bicyclic) bond motifs is 1. The molecule has 2 heterocycles. The number of nitrogens with zero attached hydrogens (tertiary/aromatic N) is 3. The van der Waals surface area contributed by atoms with Gasteiger partial charge in [-0.3, -0.25) is 0 Å². The van der Waals surface area contributed by atoms with Crippen molar-refractivity contribution in [1.82, 2.24) is 14.6 Å². The molecule has 10 heteroatoms. The van der Waals surface area contributed by atoms with E-state index in [0.717, 1.165) is 0 Å². The van der Waals surface area contributed by atoms with Gasteiger partial charge in [0.1, 0.15) is 27.1 Å². The van der Waals surface area contributed by atoms with E-state index in [0.29, 0.717) is 32.5 Å². The van der Waals surface area contributed by atoms with Crippen molar-refractivity contribution < 1.29 is 22.7 Å². The molecule has 0 atom stereocenters. The molecule has 7 nitrogen and oxygen atoms in total. The van der Waals surface area contributed by atoms with Crippen molar-refractivity contribution in [3.05, 3.63) is 64.5 Å². The minimum atomic E-state index is -3.80. The molecular weight excluding hydrogens is 453 g/mol. The minimum Gasteiger partial charge on any atom is -0.495 e. The molecule has 4 aromatic rings. The van der Waals surface area contributed by atoms with Gasteiger partial charge in [-0.1, -0.05) is 23.5 Å². The van der Waals surface area contributed by atoms with Gasteiger partial charge in [0, 0.05) is 5.56 Å². The van der Waals surface area contributed by atoms with Gasteiger partial charge in [-0.15, -0.1) is 0 Å². The van der Waals surface area contributed by atoms with Gasteiger partial charge < -0.3 is 9.84 Å². The monoisotopic (exact) mass is 475 g/mol. The summed E-state index contributed by atoms with van der Waals surface area (Å²) in [5.41, 5.74) is 1.25. The largest absolute Gasteiger partial charge is 0.495 e. The standard InChI is InChI=1S/C22H22FN3O4S2/c1-13-19(26-21(24-13)31-20(25-26)22(2,3)27)15-7-10-17(30-4)18(11-15)32(28,29)12-14-5-8-16(23)9-6-14/h5-11,27H,12H2,1-4H3. The van der Waals surface area contributed by atoms with Gasteiger partial charge in [-0.25, -0.2) is 22.3 Å². The van der Waals surface area contributed by atoms with Crippen LogP contribution in [0.2, 0.25) is 0 Å². The van der Waals surface area contributed by atoms with Crippen LogP contribution in [0.25, 0.3) is 16.2 Å². The van der Waals surface area contributed by atoms with Crippen molar-refractivity contribution in [2.45, 2.75) is 37.0 Å². The Kier molecular flexibility index (Phi) is 5.56. The summed E-state index contributed by atoms with van der Waals surface area (Å²) in [6.45, 7) is 5.11. The Morgan fingerprint density at radius 1 is 1.19 bits per heavy atom. The number of benzene rings is 2. The quantitative estimate of drug-likeness (QED) is 0.451. The maximum absolute atomic E-state index is 13.2. The summed E-state index contributed by atoms with van der Waals surface area (Å²) >= 11 is 1.27. The molecule has 2 aromatic carbocycles. The third-order valence-electron chi connectivity index (χ3n) is 4.94. The molecule has 0 amide bonds. The van der Waals surface area contributed by atoms with Crippen molar-refractivity contribution in [1.29, 1.82) is 0 Å². The molecule has 0 unspecified atom stereocenters. The highest BCUT2D eigenvalue weighted by Gasteiger charge is 2.26. The van der Waals surface area contributed by atoms with E-state index >= 15 is 0 Å². The molecule has 2 aromatic heterocycles. The number of imidazole rings is 1.